The van der Waals surface area contributed by atoms with E-state index in [1.807, 2.05) is 18.3 Å². The number of fused-ring (bicyclic) bond motifs is 1. The molecule has 4 rings (SSSR count). The highest BCUT2D eigenvalue weighted by Crippen LogP contribution is 2.18. The Kier molecular flexibility index (Phi) is 4.04. The van der Waals surface area contributed by atoms with Crippen LogP contribution in [0, 0.1) is 0 Å². The van der Waals surface area contributed by atoms with Crippen LogP contribution in [0.25, 0.3) is 10.9 Å². The second-order valence-corrected chi connectivity index (χ2v) is 6.10. The molecule has 0 atom stereocenters. The molecule has 124 valence electrons. The van der Waals surface area contributed by atoms with E-state index < -0.39 is 0 Å². The minimum absolute atomic E-state index is 0.000703. The fraction of sp³-hybridized carbons (Fsp3) is 0.333. The van der Waals surface area contributed by atoms with E-state index in [0.29, 0.717) is 12.4 Å². The highest BCUT2D eigenvalue weighted by atomic mass is 16.1. The van der Waals surface area contributed by atoms with Crippen molar-refractivity contribution in [3.63, 3.8) is 0 Å². The molecule has 1 aliphatic rings. The molecule has 1 aliphatic heterocycles. The van der Waals surface area contributed by atoms with Gasteiger partial charge in [0, 0.05) is 62.2 Å². The van der Waals surface area contributed by atoms with Crippen molar-refractivity contribution in [3.8, 4) is 0 Å². The Bertz CT molecular complexity index is 892. The summed E-state index contributed by atoms with van der Waals surface area (Å²) in [6, 6.07) is 8.25. The fourth-order valence-electron chi connectivity index (χ4n) is 3.28. The average Bonchev–Trinajstić information content (AvgIpc) is 3.05. The molecule has 3 heterocycles. The number of nitrogens with zero attached hydrogens (tertiary/aromatic N) is 3. The van der Waals surface area contributed by atoms with Gasteiger partial charge in [-0.25, -0.2) is 4.98 Å². The Morgan fingerprint density at radius 2 is 2.00 bits per heavy atom. The van der Waals surface area contributed by atoms with Gasteiger partial charge in [0.15, 0.2) is 5.82 Å². The van der Waals surface area contributed by atoms with Crippen LogP contribution in [-0.2, 0) is 13.0 Å². The third-order valence-corrected chi connectivity index (χ3v) is 4.61. The molecule has 3 aromatic rings. The number of anilines is 1. The van der Waals surface area contributed by atoms with Crippen LogP contribution in [0.3, 0.4) is 0 Å². The van der Waals surface area contributed by atoms with Gasteiger partial charge >= 0.3 is 0 Å². The number of aromatic amines is 1. The van der Waals surface area contributed by atoms with Crippen LogP contribution >= 0.6 is 0 Å². The number of para-hydroxylation sites is 1. The standard InChI is InChI=1S/C18H21N5O/c24-18-17(22-10-6-19-7-11-22)20-8-12-23(18)9-5-14-13-21-16-4-2-1-3-15(14)16/h1-4,8,12-13,19,21H,5-7,9-11H2. The molecule has 0 unspecified atom stereocenters. The number of nitrogens with one attached hydrogen (secondary N) is 2. The maximum Gasteiger partial charge on any atom is 0.293 e. The fourth-order valence-corrected chi connectivity index (χ4v) is 3.28. The first-order valence-electron chi connectivity index (χ1n) is 8.39. The lowest BCUT2D eigenvalue weighted by molar-refractivity contribution is 0.575. The Balaban J connectivity index is 1.55. The van der Waals surface area contributed by atoms with Gasteiger partial charge in [0.2, 0.25) is 0 Å². The van der Waals surface area contributed by atoms with Crippen LogP contribution in [0.1, 0.15) is 5.56 Å². The zero-order valence-electron chi connectivity index (χ0n) is 13.5. The molecular formula is C18H21N5O. The van der Waals surface area contributed by atoms with E-state index >= 15 is 0 Å². The van der Waals surface area contributed by atoms with Gasteiger partial charge < -0.3 is 19.8 Å². The molecule has 0 aliphatic carbocycles. The first kappa shape index (κ1) is 15.0. The third kappa shape index (κ3) is 2.80. The smallest absolute Gasteiger partial charge is 0.293 e. The number of benzene rings is 1. The largest absolute Gasteiger partial charge is 0.361 e. The summed E-state index contributed by atoms with van der Waals surface area (Å²) in [5.74, 6) is 0.568. The van der Waals surface area contributed by atoms with Gasteiger partial charge in [0.25, 0.3) is 5.56 Å². The summed E-state index contributed by atoms with van der Waals surface area (Å²) in [5, 5.41) is 4.52. The van der Waals surface area contributed by atoms with Crippen LogP contribution < -0.4 is 15.8 Å². The summed E-state index contributed by atoms with van der Waals surface area (Å²) in [7, 11) is 0. The number of hydrogen-bond donors (Lipinski definition) is 2. The molecular weight excluding hydrogens is 302 g/mol. The van der Waals surface area contributed by atoms with E-state index in [1.54, 1.807) is 17.0 Å². The van der Waals surface area contributed by atoms with Crippen molar-refractivity contribution >= 4 is 16.7 Å². The number of piperazine rings is 1. The molecule has 0 radical (unpaired) electrons. The molecule has 1 saturated heterocycles. The number of H-pyrrole nitrogens is 1. The monoisotopic (exact) mass is 323 g/mol. The minimum Gasteiger partial charge on any atom is -0.361 e. The zero-order valence-corrected chi connectivity index (χ0v) is 13.5. The van der Waals surface area contributed by atoms with Gasteiger partial charge in [0.1, 0.15) is 0 Å². The molecule has 0 spiro atoms. The van der Waals surface area contributed by atoms with Gasteiger partial charge in [-0.1, -0.05) is 18.2 Å². The van der Waals surface area contributed by atoms with Gasteiger partial charge in [-0.15, -0.1) is 0 Å². The molecule has 6 nitrogen and oxygen atoms in total. The number of hydrogen-bond acceptors (Lipinski definition) is 4. The predicted molar refractivity (Wildman–Crippen MR) is 95.6 cm³/mol. The lowest BCUT2D eigenvalue weighted by atomic mass is 10.1. The highest BCUT2D eigenvalue weighted by molar-refractivity contribution is 5.82. The minimum atomic E-state index is -0.000703. The first-order chi connectivity index (χ1) is 11.8. The SMILES string of the molecule is O=c1c(N2CCNCC2)nccn1CCc1c[nH]c2ccccc12. The number of aromatic nitrogens is 3. The molecule has 0 saturated carbocycles. The van der Waals surface area contributed by atoms with E-state index in [-0.39, 0.29) is 5.56 Å². The highest BCUT2D eigenvalue weighted by Gasteiger charge is 2.16. The molecule has 6 heteroatoms. The van der Waals surface area contributed by atoms with E-state index in [1.165, 1.54) is 10.9 Å². The van der Waals surface area contributed by atoms with E-state index in [9.17, 15) is 4.79 Å². The summed E-state index contributed by atoms with van der Waals surface area (Å²) in [5.41, 5.74) is 2.37. The van der Waals surface area contributed by atoms with Crippen LogP contribution in [0.5, 0.6) is 0 Å². The van der Waals surface area contributed by atoms with Crippen molar-refractivity contribution in [2.24, 2.45) is 0 Å². The summed E-state index contributed by atoms with van der Waals surface area (Å²) in [4.78, 5) is 22.4. The quantitative estimate of drug-likeness (QED) is 0.761. The van der Waals surface area contributed by atoms with Crippen molar-refractivity contribution in [1.29, 1.82) is 0 Å². The Labute approximate surface area is 140 Å². The average molecular weight is 323 g/mol. The van der Waals surface area contributed by atoms with Crippen molar-refractivity contribution in [3.05, 3.63) is 58.8 Å². The normalized spacial score (nSPS) is 15.1. The van der Waals surface area contributed by atoms with Gasteiger partial charge in [0.05, 0.1) is 0 Å². The van der Waals surface area contributed by atoms with Crippen molar-refractivity contribution < 1.29 is 0 Å². The summed E-state index contributed by atoms with van der Waals surface area (Å²) in [6.45, 7) is 4.10. The van der Waals surface area contributed by atoms with Crippen LogP contribution in [0.15, 0.2) is 47.7 Å². The van der Waals surface area contributed by atoms with Gasteiger partial charge in [-0.05, 0) is 18.1 Å². The molecule has 1 aromatic carbocycles. The third-order valence-electron chi connectivity index (χ3n) is 4.61. The van der Waals surface area contributed by atoms with Gasteiger partial charge in [-0.3, -0.25) is 4.79 Å². The topological polar surface area (TPSA) is 66.0 Å². The molecule has 1 fully saturated rings. The maximum absolute atomic E-state index is 12.7. The van der Waals surface area contributed by atoms with Gasteiger partial charge in [-0.2, -0.15) is 0 Å². The van der Waals surface area contributed by atoms with E-state index in [2.05, 4.69) is 32.3 Å². The summed E-state index contributed by atoms with van der Waals surface area (Å²) >= 11 is 0. The zero-order chi connectivity index (χ0) is 16.4. The van der Waals surface area contributed by atoms with E-state index in [4.69, 9.17) is 0 Å². The lowest BCUT2D eigenvalue weighted by Crippen LogP contribution is -2.46. The Hall–Kier alpha value is -2.60. The van der Waals surface area contributed by atoms with Crippen LogP contribution in [0.4, 0.5) is 5.82 Å². The second kappa shape index (κ2) is 6.49. The van der Waals surface area contributed by atoms with Crippen LogP contribution in [0.2, 0.25) is 0 Å². The molecule has 24 heavy (non-hydrogen) atoms. The van der Waals surface area contributed by atoms with E-state index in [0.717, 1.165) is 38.1 Å². The van der Waals surface area contributed by atoms with Crippen molar-refractivity contribution in [2.75, 3.05) is 31.1 Å². The lowest BCUT2D eigenvalue weighted by Gasteiger charge is -2.27. The Morgan fingerprint density at radius 1 is 1.17 bits per heavy atom. The molecule has 2 N–H and O–H groups in total. The van der Waals surface area contributed by atoms with Crippen molar-refractivity contribution in [2.45, 2.75) is 13.0 Å². The number of rotatable bonds is 4. The first-order valence-corrected chi connectivity index (χ1v) is 8.39. The van der Waals surface area contributed by atoms with Crippen LogP contribution in [-0.4, -0.2) is 40.7 Å². The molecule has 2 aromatic heterocycles. The second-order valence-electron chi connectivity index (χ2n) is 6.10. The molecule has 0 bridgehead atoms. The number of aryl methyl sites for hydroxylation is 2. The maximum atomic E-state index is 12.7. The summed E-state index contributed by atoms with van der Waals surface area (Å²) < 4.78 is 1.77. The molecule has 0 amide bonds. The van der Waals surface area contributed by atoms with Crippen molar-refractivity contribution in [1.82, 2.24) is 19.9 Å². The summed E-state index contributed by atoms with van der Waals surface area (Å²) in [6.07, 6.45) is 6.36. The predicted octanol–water partition coefficient (Wildman–Crippen LogP) is 1.38. The Morgan fingerprint density at radius 3 is 2.88 bits per heavy atom.